The summed E-state index contributed by atoms with van der Waals surface area (Å²) in [5.74, 6) is -0.135. The normalized spacial score (nSPS) is 9.47. The number of carbonyl (C=O) groups excluding carboxylic acids is 2. The van der Waals surface area contributed by atoms with Crippen molar-refractivity contribution in [2.24, 2.45) is 0 Å². The lowest BCUT2D eigenvalue weighted by Gasteiger charge is -2.05. The molecule has 0 unspecified atom stereocenters. The second-order valence-corrected chi connectivity index (χ2v) is 3.36. The second kappa shape index (κ2) is 5.50. The summed E-state index contributed by atoms with van der Waals surface area (Å²) in [5.41, 5.74) is 0.596. The van der Waals surface area contributed by atoms with Gasteiger partial charge in [0.2, 0.25) is 5.91 Å². The molecular formula is C10H10BrNO3. The smallest absolute Gasteiger partial charge is 0.308 e. The zero-order valence-corrected chi connectivity index (χ0v) is 9.71. The highest BCUT2D eigenvalue weighted by Crippen LogP contribution is 2.17. The lowest BCUT2D eigenvalue weighted by atomic mass is 10.3. The Morgan fingerprint density at radius 2 is 2.20 bits per heavy atom. The Hall–Kier alpha value is -1.36. The zero-order valence-electron chi connectivity index (χ0n) is 8.12. The maximum Gasteiger partial charge on any atom is 0.308 e. The van der Waals surface area contributed by atoms with Gasteiger partial charge in [0.05, 0.1) is 5.33 Å². The molecule has 80 valence electrons. The molecule has 0 radical (unpaired) electrons. The van der Waals surface area contributed by atoms with Crippen LogP contribution in [0.4, 0.5) is 5.69 Å². The van der Waals surface area contributed by atoms with Gasteiger partial charge in [0.15, 0.2) is 0 Å². The van der Waals surface area contributed by atoms with Gasteiger partial charge in [0.25, 0.3) is 0 Å². The Balaban J connectivity index is 2.74. The van der Waals surface area contributed by atoms with Crippen LogP contribution >= 0.6 is 15.9 Å². The third-order valence-corrected chi connectivity index (χ3v) is 2.01. The Bertz CT molecular complexity index is 379. The van der Waals surface area contributed by atoms with E-state index >= 15 is 0 Å². The van der Waals surface area contributed by atoms with Crippen LogP contribution in [0.15, 0.2) is 24.3 Å². The molecule has 0 heterocycles. The molecule has 15 heavy (non-hydrogen) atoms. The van der Waals surface area contributed by atoms with Gasteiger partial charge >= 0.3 is 5.97 Å². The molecule has 0 saturated carbocycles. The fourth-order valence-corrected chi connectivity index (χ4v) is 1.14. The van der Waals surface area contributed by atoms with Gasteiger partial charge in [-0.1, -0.05) is 22.0 Å². The first-order chi connectivity index (χ1) is 7.11. The van der Waals surface area contributed by atoms with Crippen molar-refractivity contribution in [3.05, 3.63) is 24.3 Å². The van der Waals surface area contributed by atoms with E-state index in [4.69, 9.17) is 4.74 Å². The standard InChI is InChI=1S/C10H10BrNO3/c1-7(13)15-9-4-2-3-8(5-9)12-10(14)6-11/h2-5H,6H2,1H3,(H,12,14). The summed E-state index contributed by atoms with van der Waals surface area (Å²) in [6, 6.07) is 6.64. The van der Waals surface area contributed by atoms with Crippen LogP contribution in [0.3, 0.4) is 0 Å². The first kappa shape index (κ1) is 11.7. The summed E-state index contributed by atoms with van der Waals surface area (Å²) in [6.45, 7) is 1.32. The molecule has 0 aromatic heterocycles. The van der Waals surface area contributed by atoms with E-state index in [2.05, 4.69) is 21.2 Å². The summed E-state index contributed by atoms with van der Waals surface area (Å²) in [5, 5.41) is 2.86. The van der Waals surface area contributed by atoms with Gasteiger partial charge in [0.1, 0.15) is 5.75 Å². The number of halogens is 1. The molecule has 1 aromatic carbocycles. The van der Waals surface area contributed by atoms with E-state index in [1.54, 1.807) is 24.3 Å². The molecule has 0 saturated heterocycles. The van der Waals surface area contributed by atoms with Crippen molar-refractivity contribution in [3.8, 4) is 5.75 Å². The number of amides is 1. The fourth-order valence-electron chi connectivity index (χ4n) is 0.998. The minimum absolute atomic E-state index is 0.157. The van der Waals surface area contributed by atoms with E-state index in [1.807, 2.05) is 0 Å². The van der Waals surface area contributed by atoms with Crippen LogP contribution in [-0.2, 0) is 9.59 Å². The minimum Gasteiger partial charge on any atom is -0.427 e. The molecule has 0 atom stereocenters. The molecule has 5 heteroatoms. The van der Waals surface area contributed by atoms with E-state index in [1.165, 1.54) is 6.92 Å². The summed E-state index contributed by atoms with van der Waals surface area (Å²) < 4.78 is 4.87. The van der Waals surface area contributed by atoms with Gasteiger partial charge in [-0.15, -0.1) is 0 Å². The average molecular weight is 272 g/mol. The van der Waals surface area contributed by atoms with Crippen LogP contribution in [0.25, 0.3) is 0 Å². The average Bonchev–Trinajstić information content (AvgIpc) is 2.17. The molecule has 1 amide bonds. The molecule has 0 bridgehead atoms. The van der Waals surface area contributed by atoms with Gasteiger partial charge in [-0.05, 0) is 12.1 Å². The third kappa shape index (κ3) is 4.12. The highest BCUT2D eigenvalue weighted by atomic mass is 79.9. The molecule has 1 rings (SSSR count). The monoisotopic (exact) mass is 271 g/mol. The van der Waals surface area contributed by atoms with Gasteiger partial charge in [0, 0.05) is 18.7 Å². The van der Waals surface area contributed by atoms with Gasteiger partial charge in [-0.2, -0.15) is 0 Å². The number of hydrogen-bond acceptors (Lipinski definition) is 3. The molecule has 4 nitrogen and oxygen atoms in total. The number of hydrogen-bond donors (Lipinski definition) is 1. The van der Waals surface area contributed by atoms with E-state index in [9.17, 15) is 9.59 Å². The van der Waals surface area contributed by atoms with Crippen LogP contribution in [0.2, 0.25) is 0 Å². The highest BCUT2D eigenvalue weighted by molar-refractivity contribution is 9.09. The summed E-state index contributed by atoms with van der Waals surface area (Å²) in [6.07, 6.45) is 0. The maximum atomic E-state index is 11.0. The first-order valence-corrected chi connectivity index (χ1v) is 5.38. The van der Waals surface area contributed by atoms with Crippen molar-refractivity contribution in [2.75, 3.05) is 10.6 Å². The molecule has 1 aromatic rings. The SMILES string of the molecule is CC(=O)Oc1cccc(NC(=O)CBr)c1. The topological polar surface area (TPSA) is 55.4 Å². The van der Waals surface area contributed by atoms with E-state index in [0.29, 0.717) is 11.4 Å². The van der Waals surface area contributed by atoms with Crippen molar-refractivity contribution in [3.63, 3.8) is 0 Å². The van der Waals surface area contributed by atoms with E-state index in [0.717, 1.165) is 0 Å². The molecular weight excluding hydrogens is 262 g/mol. The number of benzene rings is 1. The number of ether oxygens (including phenoxy) is 1. The molecule has 0 spiro atoms. The van der Waals surface area contributed by atoms with Crippen molar-refractivity contribution in [1.29, 1.82) is 0 Å². The largest absolute Gasteiger partial charge is 0.427 e. The first-order valence-electron chi connectivity index (χ1n) is 4.26. The fraction of sp³-hybridized carbons (Fsp3) is 0.200. The van der Waals surface area contributed by atoms with E-state index < -0.39 is 0 Å². The Morgan fingerprint density at radius 3 is 2.80 bits per heavy atom. The molecule has 0 aliphatic carbocycles. The van der Waals surface area contributed by atoms with Crippen molar-refractivity contribution < 1.29 is 14.3 Å². The summed E-state index contributed by atoms with van der Waals surface area (Å²) >= 11 is 3.03. The molecule has 0 aliphatic heterocycles. The number of carbonyl (C=O) groups is 2. The molecule has 0 aliphatic rings. The number of esters is 1. The quantitative estimate of drug-likeness (QED) is 0.519. The van der Waals surface area contributed by atoms with Crippen LogP contribution in [0.5, 0.6) is 5.75 Å². The highest BCUT2D eigenvalue weighted by Gasteiger charge is 2.02. The van der Waals surface area contributed by atoms with Crippen molar-refractivity contribution in [1.82, 2.24) is 0 Å². The van der Waals surface area contributed by atoms with Crippen molar-refractivity contribution >= 4 is 33.5 Å². The van der Waals surface area contributed by atoms with E-state index in [-0.39, 0.29) is 17.2 Å². The molecule has 1 N–H and O–H groups in total. The van der Waals surface area contributed by atoms with Crippen LogP contribution in [0, 0.1) is 0 Å². The predicted octanol–water partition coefficient (Wildman–Crippen LogP) is 1.95. The Labute approximate surface area is 95.7 Å². The Kier molecular flexibility index (Phi) is 4.30. The summed E-state index contributed by atoms with van der Waals surface area (Å²) in [7, 11) is 0. The predicted molar refractivity (Wildman–Crippen MR) is 60.2 cm³/mol. The van der Waals surface area contributed by atoms with Crippen LogP contribution < -0.4 is 10.1 Å². The number of alkyl halides is 1. The van der Waals surface area contributed by atoms with Gasteiger partial charge < -0.3 is 10.1 Å². The minimum atomic E-state index is -0.390. The van der Waals surface area contributed by atoms with Crippen LogP contribution in [0.1, 0.15) is 6.92 Å². The van der Waals surface area contributed by atoms with Gasteiger partial charge in [-0.3, -0.25) is 9.59 Å². The Morgan fingerprint density at radius 1 is 1.47 bits per heavy atom. The second-order valence-electron chi connectivity index (χ2n) is 2.80. The lowest BCUT2D eigenvalue weighted by molar-refractivity contribution is -0.131. The van der Waals surface area contributed by atoms with Crippen molar-refractivity contribution in [2.45, 2.75) is 6.92 Å². The lowest BCUT2D eigenvalue weighted by Crippen LogP contribution is -2.12. The number of nitrogens with one attached hydrogen (secondary N) is 1. The summed E-state index contributed by atoms with van der Waals surface area (Å²) in [4.78, 5) is 21.7. The maximum absolute atomic E-state index is 11.0. The van der Waals surface area contributed by atoms with Gasteiger partial charge in [-0.25, -0.2) is 0 Å². The molecule has 0 fully saturated rings. The third-order valence-electron chi connectivity index (χ3n) is 1.50. The number of rotatable bonds is 3. The zero-order chi connectivity index (χ0) is 11.3. The van der Waals surface area contributed by atoms with Crippen LogP contribution in [-0.4, -0.2) is 17.2 Å². The number of anilines is 1.